The van der Waals surface area contributed by atoms with Crippen LogP contribution in [0.5, 0.6) is 5.75 Å². The van der Waals surface area contributed by atoms with Crippen molar-refractivity contribution in [1.29, 1.82) is 0 Å². The molecule has 0 spiro atoms. The minimum Gasteiger partial charge on any atom is -0.489 e. The van der Waals surface area contributed by atoms with Crippen molar-refractivity contribution in [1.82, 2.24) is 0 Å². The van der Waals surface area contributed by atoms with Crippen molar-refractivity contribution in [3.05, 3.63) is 65.5 Å². The summed E-state index contributed by atoms with van der Waals surface area (Å²) in [6, 6.07) is 14.2. The van der Waals surface area contributed by atoms with Crippen molar-refractivity contribution < 1.29 is 19.6 Å². The summed E-state index contributed by atoms with van der Waals surface area (Å²) >= 11 is 0. The van der Waals surface area contributed by atoms with Gasteiger partial charge in [0.25, 0.3) is 0 Å². The van der Waals surface area contributed by atoms with E-state index in [1.54, 1.807) is 12.1 Å². The number of aliphatic hydroxyl groups is 1. The van der Waals surface area contributed by atoms with Gasteiger partial charge in [-0.05, 0) is 29.8 Å². The number of hydrogen-bond acceptors (Lipinski definition) is 2. The first-order chi connectivity index (χ1) is 9.78. The second-order valence-electron chi connectivity index (χ2n) is 4.57. The van der Waals surface area contributed by atoms with Crippen molar-refractivity contribution in [3.63, 3.8) is 0 Å². The molecule has 0 fully saturated rings. The minimum absolute atomic E-state index is 0.181. The monoisotopic (exact) mass is 276 g/mol. The molecule has 0 atom stereocenters. The lowest BCUT2D eigenvalue weighted by molar-refractivity contribution is -0.671. The SMILES string of the molecule is OCC[NH2+]Cc1cccc(OCc2ccc(F)cc2)c1. The van der Waals surface area contributed by atoms with Gasteiger partial charge in [0.1, 0.15) is 24.7 Å². The quantitative estimate of drug-likeness (QED) is 0.752. The average molecular weight is 276 g/mol. The first-order valence-corrected chi connectivity index (χ1v) is 6.66. The molecule has 3 N–H and O–H groups in total. The van der Waals surface area contributed by atoms with Gasteiger partial charge in [-0.3, -0.25) is 0 Å². The smallest absolute Gasteiger partial charge is 0.123 e. The highest BCUT2D eigenvalue weighted by Crippen LogP contribution is 2.15. The molecule has 106 valence electrons. The molecule has 20 heavy (non-hydrogen) atoms. The lowest BCUT2D eigenvalue weighted by Crippen LogP contribution is -2.83. The summed E-state index contributed by atoms with van der Waals surface area (Å²) in [6.07, 6.45) is 0. The van der Waals surface area contributed by atoms with Crippen molar-refractivity contribution >= 4 is 0 Å². The second kappa shape index (κ2) is 7.62. The molecule has 2 aromatic rings. The number of benzene rings is 2. The Balaban J connectivity index is 1.89. The highest BCUT2D eigenvalue weighted by molar-refractivity contribution is 5.28. The van der Waals surface area contributed by atoms with Crippen LogP contribution < -0.4 is 10.1 Å². The Hall–Kier alpha value is -1.91. The van der Waals surface area contributed by atoms with Gasteiger partial charge in [0.2, 0.25) is 0 Å². The Kier molecular flexibility index (Phi) is 5.53. The van der Waals surface area contributed by atoms with E-state index in [0.717, 1.165) is 23.4 Å². The lowest BCUT2D eigenvalue weighted by atomic mass is 10.2. The number of hydrogen-bond donors (Lipinski definition) is 2. The molecular weight excluding hydrogens is 257 g/mol. The first-order valence-electron chi connectivity index (χ1n) is 6.66. The van der Waals surface area contributed by atoms with E-state index in [2.05, 4.69) is 0 Å². The molecule has 0 unspecified atom stereocenters. The van der Waals surface area contributed by atoms with Crippen molar-refractivity contribution in [3.8, 4) is 5.75 Å². The zero-order valence-corrected chi connectivity index (χ0v) is 11.3. The number of rotatable bonds is 7. The average Bonchev–Trinajstić information content (AvgIpc) is 2.47. The number of nitrogens with two attached hydrogens (primary N) is 1. The van der Waals surface area contributed by atoms with E-state index in [-0.39, 0.29) is 12.4 Å². The molecule has 0 aliphatic carbocycles. The molecule has 0 radical (unpaired) electrons. The summed E-state index contributed by atoms with van der Waals surface area (Å²) < 4.78 is 18.5. The predicted molar refractivity (Wildman–Crippen MR) is 74.8 cm³/mol. The molecular formula is C16H19FNO2+. The molecule has 2 aromatic carbocycles. The van der Waals surface area contributed by atoms with Crippen LogP contribution in [0.4, 0.5) is 4.39 Å². The van der Waals surface area contributed by atoms with E-state index in [1.165, 1.54) is 12.1 Å². The Morgan fingerprint density at radius 2 is 1.85 bits per heavy atom. The molecule has 0 aliphatic heterocycles. The highest BCUT2D eigenvalue weighted by Gasteiger charge is 2.00. The number of halogens is 1. The topological polar surface area (TPSA) is 46.1 Å². The fraction of sp³-hybridized carbons (Fsp3) is 0.250. The largest absolute Gasteiger partial charge is 0.489 e. The van der Waals surface area contributed by atoms with Gasteiger partial charge in [-0.25, -0.2) is 4.39 Å². The van der Waals surface area contributed by atoms with E-state index in [0.29, 0.717) is 13.2 Å². The van der Waals surface area contributed by atoms with Gasteiger partial charge in [-0.2, -0.15) is 0 Å². The molecule has 2 rings (SSSR count). The summed E-state index contributed by atoms with van der Waals surface area (Å²) in [6.45, 7) is 2.11. The van der Waals surface area contributed by atoms with Crippen LogP contribution in [0.15, 0.2) is 48.5 Å². The van der Waals surface area contributed by atoms with Gasteiger partial charge in [0.05, 0.1) is 13.2 Å². The standard InChI is InChI=1S/C16H18FNO2/c17-15-6-4-13(5-7-15)12-20-16-3-1-2-14(10-16)11-18-8-9-19/h1-7,10,18-19H,8-9,11-12H2/p+1. The molecule has 3 nitrogen and oxygen atoms in total. The molecule has 0 saturated heterocycles. The fourth-order valence-electron chi connectivity index (χ4n) is 1.87. The van der Waals surface area contributed by atoms with Gasteiger partial charge in [-0.1, -0.05) is 24.3 Å². The maximum absolute atomic E-state index is 12.8. The van der Waals surface area contributed by atoms with E-state index in [4.69, 9.17) is 9.84 Å². The normalized spacial score (nSPS) is 10.5. The van der Waals surface area contributed by atoms with Crippen LogP contribution in [0, 0.1) is 5.82 Å². The highest BCUT2D eigenvalue weighted by atomic mass is 19.1. The van der Waals surface area contributed by atoms with Crippen LogP contribution in [0.25, 0.3) is 0 Å². The van der Waals surface area contributed by atoms with Gasteiger partial charge in [0, 0.05) is 5.56 Å². The Bertz CT molecular complexity index is 528. The minimum atomic E-state index is -0.241. The summed E-state index contributed by atoms with van der Waals surface area (Å²) in [7, 11) is 0. The maximum atomic E-state index is 12.8. The molecule has 0 bridgehead atoms. The zero-order valence-electron chi connectivity index (χ0n) is 11.3. The van der Waals surface area contributed by atoms with Crippen LogP contribution in [0.1, 0.15) is 11.1 Å². The maximum Gasteiger partial charge on any atom is 0.123 e. The summed E-state index contributed by atoms with van der Waals surface area (Å²) in [4.78, 5) is 0. The van der Waals surface area contributed by atoms with E-state index < -0.39 is 0 Å². The molecule has 0 saturated carbocycles. The molecule has 0 heterocycles. The van der Waals surface area contributed by atoms with Crippen LogP contribution in [-0.2, 0) is 13.2 Å². The Morgan fingerprint density at radius 1 is 1.05 bits per heavy atom. The van der Waals surface area contributed by atoms with Gasteiger partial charge < -0.3 is 15.2 Å². The summed E-state index contributed by atoms with van der Waals surface area (Å²) in [5, 5.41) is 10.8. The number of aliphatic hydroxyl groups excluding tert-OH is 1. The van der Waals surface area contributed by atoms with E-state index >= 15 is 0 Å². The summed E-state index contributed by atoms with van der Waals surface area (Å²) in [5.74, 6) is 0.555. The first kappa shape index (κ1) is 14.5. The molecule has 0 aliphatic rings. The van der Waals surface area contributed by atoms with Crippen LogP contribution in [0.3, 0.4) is 0 Å². The number of ether oxygens (including phenoxy) is 1. The molecule has 0 aromatic heterocycles. The van der Waals surface area contributed by atoms with Crippen molar-refractivity contribution in [2.45, 2.75) is 13.2 Å². The fourth-order valence-corrected chi connectivity index (χ4v) is 1.87. The van der Waals surface area contributed by atoms with E-state index in [9.17, 15) is 4.39 Å². The zero-order chi connectivity index (χ0) is 14.2. The van der Waals surface area contributed by atoms with Gasteiger partial charge >= 0.3 is 0 Å². The predicted octanol–water partition coefficient (Wildman–Crippen LogP) is 1.46. The van der Waals surface area contributed by atoms with Crippen molar-refractivity contribution in [2.75, 3.05) is 13.2 Å². The third-order valence-corrected chi connectivity index (χ3v) is 2.93. The Morgan fingerprint density at radius 3 is 2.60 bits per heavy atom. The molecule has 0 amide bonds. The number of quaternary nitrogens is 1. The third-order valence-electron chi connectivity index (χ3n) is 2.93. The van der Waals surface area contributed by atoms with Crippen LogP contribution in [0.2, 0.25) is 0 Å². The van der Waals surface area contributed by atoms with Crippen molar-refractivity contribution in [2.24, 2.45) is 0 Å². The Labute approximate surface area is 118 Å². The van der Waals surface area contributed by atoms with E-state index in [1.807, 2.05) is 29.6 Å². The second-order valence-corrected chi connectivity index (χ2v) is 4.57. The third kappa shape index (κ3) is 4.64. The van der Waals surface area contributed by atoms with Crippen LogP contribution >= 0.6 is 0 Å². The molecule has 4 heteroatoms. The summed E-state index contributed by atoms with van der Waals surface area (Å²) in [5.41, 5.74) is 2.08. The van der Waals surface area contributed by atoms with Gasteiger partial charge in [0.15, 0.2) is 0 Å². The van der Waals surface area contributed by atoms with Crippen LogP contribution in [-0.4, -0.2) is 18.3 Å². The lowest BCUT2D eigenvalue weighted by Gasteiger charge is -2.08. The van der Waals surface area contributed by atoms with Gasteiger partial charge in [-0.15, -0.1) is 0 Å².